The van der Waals surface area contributed by atoms with E-state index in [1.54, 1.807) is 18.2 Å². The second-order valence-electron chi connectivity index (χ2n) is 7.56. The van der Waals surface area contributed by atoms with Gasteiger partial charge in [0, 0.05) is 27.7 Å². The van der Waals surface area contributed by atoms with E-state index in [1.165, 1.54) is 7.11 Å². The number of ether oxygens (including phenoxy) is 2. The van der Waals surface area contributed by atoms with Gasteiger partial charge in [0.1, 0.15) is 5.75 Å². The first kappa shape index (κ1) is 21.1. The van der Waals surface area contributed by atoms with E-state index >= 15 is 0 Å². The van der Waals surface area contributed by atoms with Crippen molar-refractivity contribution in [1.82, 2.24) is 15.1 Å². The van der Waals surface area contributed by atoms with Gasteiger partial charge in [-0.25, -0.2) is 4.85 Å². The molecule has 32 heavy (non-hydrogen) atoms. The summed E-state index contributed by atoms with van der Waals surface area (Å²) in [5, 5.41) is 5.09. The molecule has 4 rings (SSSR count). The van der Waals surface area contributed by atoms with E-state index in [1.807, 2.05) is 38.1 Å². The molecule has 8 nitrogen and oxygen atoms in total. The second kappa shape index (κ2) is 8.94. The maximum Gasteiger partial charge on any atom is 0.305 e. The molecule has 0 spiro atoms. The molecule has 0 aliphatic carbocycles. The average Bonchev–Trinajstić information content (AvgIpc) is 3.44. The molecule has 0 amide bonds. The van der Waals surface area contributed by atoms with Gasteiger partial charge in [-0.2, -0.15) is 4.98 Å². The van der Waals surface area contributed by atoms with Gasteiger partial charge in [-0.1, -0.05) is 5.16 Å². The number of aryl methyl sites for hydroxylation is 1. The Labute approximate surface area is 185 Å². The minimum atomic E-state index is -0.242. The van der Waals surface area contributed by atoms with Crippen LogP contribution in [0.15, 0.2) is 47.0 Å². The Morgan fingerprint density at radius 2 is 2.00 bits per heavy atom. The molecule has 0 saturated heterocycles. The van der Waals surface area contributed by atoms with Crippen molar-refractivity contribution in [3.05, 3.63) is 59.6 Å². The van der Waals surface area contributed by atoms with Crippen molar-refractivity contribution in [1.29, 1.82) is 0 Å². The van der Waals surface area contributed by atoms with Gasteiger partial charge < -0.3 is 19.0 Å². The molecular weight excluding hydrogens is 408 g/mol. The maximum atomic E-state index is 11.4. The van der Waals surface area contributed by atoms with E-state index in [2.05, 4.69) is 20.0 Å². The molecule has 1 N–H and O–H groups in total. The zero-order chi connectivity index (χ0) is 22.7. The summed E-state index contributed by atoms with van der Waals surface area (Å²) < 4.78 is 15.8. The predicted molar refractivity (Wildman–Crippen MR) is 119 cm³/mol. The van der Waals surface area contributed by atoms with E-state index < -0.39 is 0 Å². The third-order valence-corrected chi connectivity index (χ3v) is 4.88. The van der Waals surface area contributed by atoms with Crippen LogP contribution in [0.3, 0.4) is 0 Å². The van der Waals surface area contributed by atoms with Gasteiger partial charge in [0.2, 0.25) is 11.5 Å². The van der Waals surface area contributed by atoms with Crippen molar-refractivity contribution in [2.45, 2.75) is 32.8 Å². The SMILES string of the molecule is [C-]#[N+]c1cc(-c2nc(-c3ccc4[nH]c(CCC(=O)OC)cc4c3)no2)ccc1OC(C)C. The number of nitrogens with zero attached hydrogens (tertiary/aromatic N) is 3. The van der Waals surface area contributed by atoms with E-state index in [0.717, 1.165) is 22.2 Å². The standard InChI is InChI=1S/C24H22N4O4/c1-14(2)31-21-9-6-16(13-20(21)25-3)24-27-23(28-32-24)15-5-8-19-17(11-15)12-18(26-19)7-10-22(29)30-4/h5-6,8-9,11-14,26H,7,10H2,1-2,4H3. The number of hydrogen-bond donors (Lipinski definition) is 1. The van der Waals surface area contributed by atoms with Gasteiger partial charge in [0.05, 0.1) is 26.2 Å². The summed E-state index contributed by atoms with van der Waals surface area (Å²) >= 11 is 0. The first-order valence-corrected chi connectivity index (χ1v) is 10.2. The molecular formula is C24H22N4O4. The van der Waals surface area contributed by atoms with Crippen molar-refractivity contribution in [3.8, 4) is 28.6 Å². The van der Waals surface area contributed by atoms with Crippen LogP contribution in [0.1, 0.15) is 26.0 Å². The van der Waals surface area contributed by atoms with E-state index in [0.29, 0.717) is 41.6 Å². The summed E-state index contributed by atoms with van der Waals surface area (Å²) in [6.45, 7) is 11.2. The average molecular weight is 430 g/mol. The van der Waals surface area contributed by atoms with Gasteiger partial charge in [-0.15, -0.1) is 0 Å². The van der Waals surface area contributed by atoms with Gasteiger partial charge in [-0.05, 0) is 62.7 Å². The minimum Gasteiger partial charge on any atom is -0.502 e. The zero-order valence-electron chi connectivity index (χ0n) is 18.0. The van der Waals surface area contributed by atoms with E-state index in [9.17, 15) is 4.79 Å². The predicted octanol–water partition coefficient (Wildman–Crippen LogP) is 5.33. The topological polar surface area (TPSA) is 94.6 Å². The summed E-state index contributed by atoms with van der Waals surface area (Å²) in [7, 11) is 1.38. The van der Waals surface area contributed by atoms with Gasteiger partial charge >= 0.3 is 5.97 Å². The number of aromatic nitrogens is 3. The molecule has 4 aromatic rings. The Morgan fingerprint density at radius 1 is 1.19 bits per heavy atom. The number of H-pyrrole nitrogens is 1. The number of rotatable bonds is 7. The molecule has 162 valence electrons. The van der Waals surface area contributed by atoms with Crippen LogP contribution < -0.4 is 4.74 Å². The van der Waals surface area contributed by atoms with E-state index in [4.69, 9.17) is 20.6 Å². The molecule has 0 aliphatic heterocycles. The summed E-state index contributed by atoms with van der Waals surface area (Å²) in [6, 6.07) is 13.0. The van der Waals surface area contributed by atoms with Crippen LogP contribution >= 0.6 is 0 Å². The van der Waals surface area contributed by atoms with Gasteiger partial charge in [-0.3, -0.25) is 4.79 Å². The molecule has 2 heterocycles. The Morgan fingerprint density at radius 3 is 2.75 bits per heavy atom. The molecule has 0 unspecified atom stereocenters. The lowest BCUT2D eigenvalue weighted by molar-refractivity contribution is -0.140. The number of benzene rings is 2. The molecule has 2 aromatic carbocycles. The number of hydrogen-bond acceptors (Lipinski definition) is 6. The van der Waals surface area contributed by atoms with Crippen LogP contribution in [0.4, 0.5) is 5.69 Å². The molecule has 0 aliphatic rings. The number of methoxy groups -OCH3 is 1. The fourth-order valence-corrected chi connectivity index (χ4v) is 3.35. The molecule has 2 aromatic heterocycles. The van der Waals surface area contributed by atoms with Crippen LogP contribution in [-0.2, 0) is 16.0 Å². The zero-order valence-corrected chi connectivity index (χ0v) is 18.0. The van der Waals surface area contributed by atoms with Crippen LogP contribution in [0, 0.1) is 6.57 Å². The van der Waals surface area contributed by atoms with Gasteiger partial charge in [0.25, 0.3) is 5.89 Å². The molecule has 8 heteroatoms. The lowest BCUT2D eigenvalue weighted by Crippen LogP contribution is -2.05. The van der Waals surface area contributed by atoms with Crippen molar-refractivity contribution in [3.63, 3.8) is 0 Å². The van der Waals surface area contributed by atoms with E-state index in [-0.39, 0.29) is 12.1 Å². The highest BCUT2D eigenvalue weighted by atomic mass is 16.5. The molecule has 0 fully saturated rings. The fourth-order valence-electron chi connectivity index (χ4n) is 3.35. The number of carbonyl (C=O) groups is 1. The smallest absolute Gasteiger partial charge is 0.305 e. The number of carbonyl (C=O) groups excluding carboxylic acids is 1. The maximum absolute atomic E-state index is 11.4. The fraction of sp³-hybridized carbons (Fsp3) is 0.250. The number of nitrogens with one attached hydrogen (secondary N) is 1. The largest absolute Gasteiger partial charge is 0.502 e. The number of esters is 1. The third-order valence-electron chi connectivity index (χ3n) is 4.88. The number of fused-ring (bicyclic) bond motifs is 1. The quantitative estimate of drug-likeness (QED) is 0.315. The van der Waals surface area contributed by atoms with Crippen molar-refractivity contribution >= 4 is 22.6 Å². The monoisotopic (exact) mass is 430 g/mol. The summed E-state index contributed by atoms with van der Waals surface area (Å²) in [4.78, 5) is 22.7. The van der Waals surface area contributed by atoms with Crippen LogP contribution in [0.25, 0.3) is 38.6 Å². The van der Waals surface area contributed by atoms with Crippen LogP contribution in [0.5, 0.6) is 5.75 Å². The second-order valence-corrected chi connectivity index (χ2v) is 7.56. The molecule has 0 bridgehead atoms. The summed E-state index contributed by atoms with van der Waals surface area (Å²) in [5.74, 6) is 1.06. The number of aromatic amines is 1. The molecule has 0 atom stereocenters. The summed E-state index contributed by atoms with van der Waals surface area (Å²) in [5.41, 5.74) is 3.76. The highest BCUT2D eigenvalue weighted by Crippen LogP contribution is 2.34. The summed E-state index contributed by atoms with van der Waals surface area (Å²) in [6.07, 6.45) is 0.863. The molecule has 0 radical (unpaired) electrons. The normalized spacial score (nSPS) is 11.0. The van der Waals surface area contributed by atoms with Crippen molar-refractivity contribution in [2.24, 2.45) is 0 Å². The Hall–Kier alpha value is -4.12. The Kier molecular flexibility index (Phi) is 5.90. The molecule has 0 saturated carbocycles. The highest BCUT2D eigenvalue weighted by Gasteiger charge is 2.15. The van der Waals surface area contributed by atoms with Gasteiger partial charge in [0.15, 0.2) is 0 Å². The van der Waals surface area contributed by atoms with Crippen LogP contribution in [-0.4, -0.2) is 34.3 Å². The lowest BCUT2D eigenvalue weighted by atomic mass is 10.1. The van der Waals surface area contributed by atoms with Crippen molar-refractivity contribution in [2.75, 3.05) is 7.11 Å². The highest BCUT2D eigenvalue weighted by molar-refractivity contribution is 5.85. The Balaban J connectivity index is 1.58. The minimum absolute atomic E-state index is 0.0271. The third kappa shape index (κ3) is 4.47. The first-order valence-electron chi connectivity index (χ1n) is 10.2. The lowest BCUT2D eigenvalue weighted by Gasteiger charge is -2.11. The van der Waals surface area contributed by atoms with Crippen LogP contribution in [0.2, 0.25) is 0 Å². The Bertz CT molecular complexity index is 1310. The van der Waals surface area contributed by atoms with Crippen molar-refractivity contribution < 1.29 is 18.8 Å². The first-order chi connectivity index (χ1) is 15.5.